The van der Waals surface area contributed by atoms with Crippen LogP contribution in [0.2, 0.25) is 5.02 Å². The van der Waals surface area contributed by atoms with Gasteiger partial charge in [-0.15, -0.1) is 0 Å². The molecule has 0 aliphatic rings. The van der Waals surface area contributed by atoms with Gasteiger partial charge in [-0.05, 0) is 39.0 Å². The molecule has 1 N–H and O–H groups in total. The minimum Gasteiger partial charge on any atom is -0.444 e. The molecule has 1 amide bonds. The van der Waals surface area contributed by atoms with Crippen molar-refractivity contribution in [3.8, 4) is 11.1 Å². The molecule has 0 unspecified atom stereocenters. The van der Waals surface area contributed by atoms with Gasteiger partial charge < -0.3 is 10.1 Å². The number of pyridine rings is 1. The fraction of sp³-hybridized carbons (Fsp3) is 0.294. The van der Waals surface area contributed by atoms with Crippen LogP contribution in [0.5, 0.6) is 0 Å². The molecular formula is C17H18ClFN2O2. The van der Waals surface area contributed by atoms with E-state index in [0.29, 0.717) is 21.8 Å². The van der Waals surface area contributed by atoms with Crippen LogP contribution in [0.15, 0.2) is 36.5 Å². The standard InChI is InChI=1S/C17H18ClFN2O2/c1-17(2,3)23-16(22)21-10-12-8-7-11(9-20-12)15-13(18)5-4-6-14(15)19/h4-9H,10H2,1-3H3,(H,21,22). The van der Waals surface area contributed by atoms with Gasteiger partial charge in [-0.25, -0.2) is 9.18 Å². The number of amides is 1. The van der Waals surface area contributed by atoms with Crippen LogP contribution < -0.4 is 5.32 Å². The van der Waals surface area contributed by atoms with E-state index in [9.17, 15) is 9.18 Å². The van der Waals surface area contributed by atoms with Gasteiger partial charge in [0.25, 0.3) is 0 Å². The molecule has 6 heteroatoms. The number of hydrogen-bond donors (Lipinski definition) is 1. The molecular weight excluding hydrogens is 319 g/mol. The molecule has 0 spiro atoms. The smallest absolute Gasteiger partial charge is 0.407 e. The third-order valence-electron chi connectivity index (χ3n) is 2.89. The van der Waals surface area contributed by atoms with Crippen LogP contribution in [0, 0.1) is 5.82 Å². The minimum absolute atomic E-state index is 0.222. The van der Waals surface area contributed by atoms with Gasteiger partial charge in [-0.1, -0.05) is 23.7 Å². The van der Waals surface area contributed by atoms with Crippen molar-refractivity contribution in [1.29, 1.82) is 0 Å². The highest BCUT2D eigenvalue weighted by molar-refractivity contribution is 6.33. The first-order valence-electron chi connectivity index (χ1n) is 7.12. The van der Waals surface area contributed by atoms with Gasteiger partial charge in [0.2, 0.25) is 0 Å². The Morgan fingerprint density at radius 1 is 1.30 bits per heavy atom. The summed E-state index contributed by atoms with van der Waals surface area (Å²) in [5.74, 6) is -0.404. The summed E-state index contributed by atoms with van der Waals surface area (Å²) in [6, 6.07) is 7.93. The molecule has 23 heavy (non-hydrogen) atoms. The van der Waals surface area contributed by atoms with Gasteiger partial charge in [0, 0.05) is 17.3 Å². The molecule has 1 aromatic heterocycles. The summed E-state index contributed by atoms with van der Waals surface area (Å²) < 4.78 is 19.0. The number of halogens is 2. The quantitative estimate of drug-likeness (QED) is 0.893. The van der Waals surface area contributed by atoms with Crippen LogP contribution in [0.3, 0.4) is 0 Å². The van der Waals surface area contributed by atoms with E-state index in [0.717, 1.165) is 0 Å². The lowest BCUT2D eigenvalue weighted by molar-refractivity contribution is 0.0523. The average Bonchev–Trinajstić information content (AvgIpc) is 2.44. The fourth-order valence-electron chi connectivity index (χ4n) is 1.93. The topological polar surface area (TPSA) is 51.2 Å². The molecule has 0 radical (unpaired) electrons. The third kappa shape index (κ3) is 4.93. The van der Waals surface area contributed by atoms with E-state index in [1.54, 1.807) is 45.0 Å². The van der Waals surface area contributed by atoms with Crippen molar-refractivity contribution in [1.82, 2.24) is 10.3 Å². The van der Waals surface area contributed by atoms with Crippen LogP contribution in [-0.2, 0) is 11.3 Å². The van der Waals surface area contributed by atoms with E-state index in [1.807, 2.05) is 0 Å². The van der Waals surface area contributed by atoms with Crippen molar-refractivity contribution in [3.05, 3.63) is 53.1 Å². The van der Waals surface area contributed by atoms with Crippen LogP contribution in [-0.4, -0.2) is 16.7 Å². The summed E-state index contributed by atoms with van der Waals surface area (Å²) in [5, 5.41) is 2.94. The zero-order valence-electron chi connectivity index (χ0n) is 13.2. The van der Waals surface area contributed by atoms with Crippen molar-refractivity contribution in [2.75, 3.05) is 0 Å². The molecule has 0 bridgehead atoms. The van der Waals surface area contributed by atoms with Crippen LogP contribution in [0.1, 0.15) is 26.5 Å². The Hall–Kier alpha value is -2.14. The lowest BCUT2D eigenvalue weighted by Crippen LogP contribution is -2.32. The van der Waals surface area contributed by atoms with Crippen LogP contribution in [0.4, 0.5) is 9.18 Å². The van der Waals surface area contributed by atoms with E-state index in [1.165, 1.54) is 12.3 Å². The predicted molar refractivity (Wildman–Crippen MR) is 87.7 cm³/mol. The van der Waals surface area contributed by atoms with E-state index in [-0.39, 0.29) is 6.54 Å². The predicted octanol–water partition coefficient (Wildman–Crippen LogP) is 4.57. The Labute approximate surface area is 139 Å². The van der Waals surface area contributed by atoms with Gasteiger partial charge in [-0.2, -0.15) is 0 Å². The zero-order chi connectivity index (χ0) is 17.0. The number of carbonyl (C=O) groups excluding carboxylic acids is 1. The maximum absolute atomic E-state index is 13.9. The highest BCUT2D eigenvalue weighted by Gasteiger charge is 2.16. The first-order valence-corrected chi connectivity index (χ1v) is 7.50. The molecule has 2 aromatic rings. The van der Waals surface area contributed by atoms with Gasteiger partial charge >= 0.3 is 6.09 Å². The Morgan fingerprint density at radius 3 is 2.61 bits per heavy atom. The summed E-state index contributed by atoms with van der Waals surface area (Å²) in [7, 11) is 0. The third-order valence-corrected chi connectivity index (χ3v) is 3.20. The van der Waals surface area contributed by atoms with Crippen molar-refractivity contribution in [3.63, 3.8) is 0 Å². The molecule has 1 heterocycles. The zero-order valence-corrected chi connectivity index (χ0v) is 13.9. The number of nitrogens with one attached hydrogen (secondary N) is 1. The Morgan fingerprint density at radius 2 is 2.04 bits per heavy atom. The van der Waals surface area contributed by atoms with E-state index < -0.39 is 17.5 Å². The first-order chi connectivity index (χ1) is 10.8. The van der Waals surface area contributed by atoms with Crippen LogP contribution >= 0.6 is 11.6 Å². The second-order valence-corrected chi connectivity index (χ2v) is 6.40. The Bertz CT molecular complexity index is 676. The van der Waals surface area contributed by atoms with Crippen molar-refractivity contribution in [2.45, 2.75) is 32.9 Å². The average molecular weight is 337 g/mol. The second kappa shape index (κ2) is 6.96. The summed E-state index contributed by atoms with van der Waals surface area (Å²) in [5.41, 5.74) is 0.970. The number of alkyl carbamates (subject to hydrolysis) is 1. The fourth-order valence-corrected chi connectivity index (χ4v) is 2.20. The summed E-state index contributed by atoms with van der Waals surface area (Å²) in [4.78, 5) is 15.8. The van der Waals surface area contributed by atoms with Crippen molar-refractivity contribution < 1.29 is 13.9 Å². The molecule has 2 rings (SSSR count). The number of benzene rings is 1. The number of hydrogen-bond acceptors (Lipinski definition) is 3. The SMILES string of the molecule is CC(C)(C)OC(=O)NCc1ccc(-c2c(F)cccc2Cl)cn1. The maximum atomic E-state index is 13.9. The number of ether oxygens (including phenoxy) is 1. The molecule has 0 saturated carbocycles. The van der Waals surface area contributed by atoms with E-state index >= 15 is 0 Å². The molecule has 0 atom stereocenters. The minimum atomic E-state index is -0.553. The highest BCUT2D eigenvalue weighted by Crippen LogP contribution is 2.29. The van der Waals surface area contributed by atoms with E-state index in [4.69, 9.17) is 16.3 Å². The lowest BCUT2D eigenvalue weighted by Gasteiger charge is -2.19. The molecule has 0 saturated heterocycles. The molecule has 0 aliphatic heterocycles. The van der Waals surface area contributed by atoms with Gasteiger partial charge in [0.15, 0.2) is 0 Å². The normalized spacial score (nSPS) is 11.2. The molecule has 0 aliphatic carbocycles. The van der Waals surface area contributed by atoms with Gasteiger partial charge in [-0.3, -0.25) is 4.98 Å². The highest BCUT2D eigenvalue weighted by atomic mass is 35.5. The monoisotopic (exact) mass is 336 g/mol. The summed E-state index contributed by atoms with van der Waals surface area (Å²) in [6.07, 6.45) is 1.01. The second-order valence-electron chi connectivity index (χ2n) is 5.99. The largest absolute Gasteiger partial charge is 0.444 e. The molecule has 122 valence electrons. The van der Waals surface area contributed by atoms with Crippen LogP contribution in [0.25, 0.3) is 11.1 Å². The summed E-state index contributed by atoms with van der Waals surface area (Å²) in [6.45, 7) is 5.59. The van der Waals surface area contributed by atoms with E-state index in [2.05, 4.69) is 10.3 Å². The molecule has 0 fully saturated rings. The lowest BCUT2D eigenvalue weighted by atomic mass is 10.1. The van der Waals surface area contributed by atoms with Crippen molar-refractivity contribution >= 4 is 17.7 Å². The van der Waals surface area contributed by atoms with Gasteiger partial charge in [0.05, 0.1) is 17.3 Å². The number of rotatable bonds is 3. The molecule has 4 nitrogen and oxygen atoms in total. The Kier molecular flexibility index (Phi) is 5.21. The van der Waals surface area contributed by atoms with Gasteiger partial charge in [0.1, 0.15) is 11.4 Å². The first kappa shape index (κ1) is 17.2. The number of aromatic nitrogens is 1. The number of nitrogens with zero attached hydrogens (tertiary/aromatic N) is 1. The molecule has 1 aromatic carbocycles. The van der Waals surface area contributed by atoms with Crippen molar-refractivity contribution in [2.24, 2.45) is 0 Å². The Balaban J connectivity index is 2.04. The summed E-state index contributed by atoms with van der Waals surface area (Å²) >= 11 is 6.03. The maximum Gasteiger partial charge on any atom is 0.407 e. The number of carbonyl (C=O) groups is 1.